The largest absolute Gasteiger partial charge is 0.391 e. The monoisotopic (exact) mass is 657 g/mol. The van der Waals surface area contributed by atoms with Crippen LogP contribution in [0.2, 0.25) is 0 Å². The summed E-state index contributed by atoms with van der Waals surface area (Å²) in [6.45, 7) is 8.74. The van der Waals surface area contributed by atoms with Crippen molar-refractivity contribution in [2.24, 2.45) is 11.1 Å². The first kappa shape index (κ1) is 38.8. The van der Waals surface area contributed by atoms with E-state index in [0.717, 1.165) is 60.2 Å². The number of thiazole rings is 1. The fraction of sp³-hybridized carbons (Fsp3) is 0.613. The number of β-amino-alcohol motifs (C(OH)–C–C–N with tert-alkyl or cyclic N) is 1. The number of likely N-dealkylation sites (tertiary alicyclic amines) is 1. The zero-order valence-electron chi connectivity index (χ0n) is 25.8. The molecule has 0 aliphatic carbocycles. The molecule has 5 N–H and O–H groups in total. The molecule has 0 spiro atoms. The average molecular weight is 659 g/mol. The number of rotatable bonds is 14. The molecule has 12 heteroatoms. The molecule has 0 radical (unpaired) electrons. The number of nitrogens with zero attached hydrogens (tertiary/aromatic N) is 2. The van der Waals surface area contributed by atoms with Crippen LogP contribution >= 0.6 is 36.2 Å². The molecule has 1 aliphatic heterocycles. The first-order valence-corrected chi connectivity index (χ1v) is 15.6. The molecular formula is C31H49Cl2N5O4S. The SMILES string of the molecule is Cc1ncsc1-c1ccc(CNC(=O)C2CC(O)CN2C(=O)C(NC(=O)CCCCCCCCN)C(C)(C)C)cc1.Cl.Cl. The van der Waals surface area contributed by atoms with Gasteiger partial charge < -0.3 is 26.4 Å². The maximum absolute atomic E-state index is 13.7. The number of amides is 3. The summed E-state index contributed by atoms with van der Waals surface area (Å²) in [4.78, 5) is 46.6. The number of aliphatic hydroxyl groups excluding tert-OH is 1. The minimum atomic E-state index is -0.803. The topological polar surface area (TPSA) is 138 Å². The Balaban J connectivity index is 0.00000462. The first-order valence-electron chi connectivity index (χ1n) is 14.8. The lowest BCUT2D eigenvalue weighted by Gasteiger charge is -2.35. The van der Waals surface area contributed by atoms with Crippen LogP contribution in [0.5, 0.6) is 0 Å². The summed E-state index contributed by atoms with van der Waals surface area (Å²) in [5, 5.41) is 16.3. The van der Waals surface area contributed by atoms with Crippen LogP contribution in [0.1, 0.15) is 83.4 Å². The molecule has 0 bridgehead atoms. The van der Waals surface area contributed by atoms with E-state index in [-0.39, 0.29) is 55.5 Å². The van der Waals surface area contributed by atoms with Crippen molar-refractivity contribution in [3.8, 4) is 10.4 Å². The zero-order chi connectivity index (χ0) is 30.0. The summed E-state index contributed by atoms with van der Waals surface area (Å²) in [6, 6.07) is 6.35. The Morgan fingerprint density at radius 1 is 1.07 bits per heavy atom. The minimum Gasteiger partial charge on any atom is -0.391 e. The maximum Gasteiger partial charge on any atom is 0.246 e. The number of halogens is 2. The van der Waals surface area contributed by atoms with Gasteiger partial charge in [0.2, 0.25) is 17.7 Å². The highest BCUT2D eigenvalue weighted by Crippen LogP contribution is 2.28. The molecule has 9 nitrogen and oxygen atoms in total. The van der Waals surface area contributed by atoms with Crippen LogP contribution in [-0.2, 0) is 20.9 Å². The van der Waals surface area contributed by atoms with Crippen molar-refractivity contribution >= 4 is 53.9 Å². The average Bonchev–Trinajstić information content (AvgIpc) is 3.54. The van der Waals surface area contributed by atoms with Gasteiger partial charge in [-0.25, -0.2) is 4.98 Å². The van der Waals surface area contributed by atoms with Gasteiger partial charge in [-0.15, -0.1) is 36.2 Å². The van der Waals surface area contributed by atoms with E-state index >= 15 is 0 Å². The van der Waals surface area contributed by atoms with E-state index in [9.17, 15) is 19.5 Å². The van der Waals surface area contributed by atoms with Gasteiger partial charge in [0.25, 0.3) is 0 Å². The van der Waals surface area contributed by atoms with Crippen molar-refractivity contribution in [3.05, 3.63) is 41.0 Å². The summed E-state index contributed by atoms with van der Waals surface area (Å²) in [7, 11) is 0. The normalized spacial score (nSPS) is 17.0. The highest BCUT2D eigenvalue weighted by atomic mass is 35.5. The van der Waals surface area contributed by atoms with E-state index in [1.807, 2.05) is 57.5 Å². The highest BCUT2D eigenvalue weighted by Gasteiger charge is 2.44. The van der Waals surface area contributed by atoms with Crippen LogP contribution in [0.15, 0.2) is 29.8 Å². The van der Waals surface area contributed by atoms with Gasteiger partial charge in [0, 0.05) is 25.9 Å². The Labute approximate surface area is 272 Å². The number of aryl methyl sites for hydroxylation is 1. The van der Waals surface area contributed by atoms with Gasteiger partial charge in [-0.1, -0.05) is 70.7 Å². The molecule has 1 aliphatic rings. The fourth-order valence-corrected chi connectivity index (χ4v) is 5.96. The molecule has 2 aromatic rings. The van der Waals surface area contributed by atoms with Gasteiger partial charge in [0.1, 0.15) is 12.1 Å². The summed E-state index contributed by atoms with van der Waals surface area (Å²) < 4.78 is 0. The Morgan fingerprint density at radius 3 is 2.28 bits per heavy atom. The van der Waals surface area contributed by atoms with Crippen LogP contribution < -0.4 is 16.4 Å². The smallest absolute Gasteiger partial charge is 0.246 e. The van der Waals surface area contributed by atoms with Crippen LogP contribution in [0, 0.1) is 12.3 Å². The minimum absolute atomic E-state index is 0. The number of nitrogens with one attached hydrogen (secondary N) is 2. The predicted molar refractivity (Wildman–Crippen MR) is 178 cm³/mol. The summed E-state index contributed by atoms with van der Waals surface area (Å²) in [5.41, 5.74) is 9.78. The van der Waals surface area contributed by atoms with Crippen molar-refractivity contribution in [3.63, 3.8) is 0 Å². The zero-order valence-corrected chi connectivity index (χ0v) is 28.2. The maximum atomic E-state index is 13.7. The van der Waals surface area contributed by atoms with E-state index in [1.165, 1.54) is 4.90 Å². The van der Waals surface area contributed by atoms with Gasteiger partial charge in [-0.05, 0) is 42.9 Å². The van der Waals surface area contributed by atoms with Crippen LogP contribution in [-0.4, -0.2) is 64.0 Å². The number of benzene rings is 1. The molecule has 1 saturated heterocycles. The number of unbranched alkanes of at least 4 members (excludes halogenated alkanes) is 5. The first-order chi connectivity index (χ1) is 19.5. The number of hydrogen-bond acceptors (Lipinski definition) is 7. The molecule has 0 saturated carbocycles. The third-order valence-corrected chi connectivity index (χ3v) is 8.55. The number of aliphatic hydroxyl groups is 1. The number of hydrogen-bond donors (Lipinski definition) is 4. The third kappa shape index (κ3) is 11.6. The van der Waals surface area contributed by atoms with Crippen LogP contribution in [0.3, 0.4) is 0 Å². The van der Waals surface area contributed by atoms with Gasteiger partial charge in [-0.3, -0.25) is 14.4 Å². The Hall–Kier alpha value is -2.24. The van der Waals surface area contributed by atoms with Crippen molar-refractivity contribution in [1.29, 1.82) is 0 Å². The Kier molecular flexibility index (Phi) is 16.7. The molecule has 43 heavy (non-hydrogen) atoms. The quantitative estimate of drug-likeness (QED) is 0.216. The summed E-state index contributed by atoms with van der Waals surface area (Å²) in [6.07, 6.45) is 5.75. The summed E-state index contributed by atoms with van der Waals surface area (Å²) >= 11 is 1.59. The van der Waals surface area contributed by atoms with E-state index in [4.69, 9.17) is 5.73 Å². The lowest BCUT2D eigenvalue weighted by Crippen LogP contribution is -2.57. The number of carbonyl (C=O) groups excluding carboxylic acids is 3. The van der Waals surface area contributed by atoms with Gasteiger partial charge in [0.15, 0.2) is 0 Å². The molecule has 2 heterocycles. The lowest BCUT2D eigenvalue weighted by molar-refractivity contribution is -0.144. The van der Waals surface area contributed by atoms with Crippen LogP contribution in [0.4, 0.5) is 0 Å². The molecular weight excluding hydrogens is 609 g/mol. The van der Waals surface area contributed by atoms with E-state index < -0.39 is 23.6 Å². The van der Waals surface area contributed by atoms with E-state index in [0.29, 0.717) is 19.5 Å². The predicted octanol–water partition coefficient (Wildman–Crippen LogP) is 4.76. The molecule has 242 valence electrons. The second-order valence-electron chi connectivity index (χ2n) is 12.1. The molecule has 1 aromatic carbocycles. The van der Waals surface area contributed by atoms with Crippen molar-refractivity contribution < 1.29 is 19.5 Å². The van der Waals surface area contributed by atoms with Gasteiger partial charge >= 0.3 is 0 Å². The van der Waals surface area contributed by atoms with Gasteiger partial charge in [0.05, 0.1) is 22.2 Å². The fourth-order valence-electron chi connectivity index (χ4n) is 5.15. The van der Waals surface area contributed by atoms with Crippen LogP contribution in [0.25, 0.3) is 10.4 Å². The molecule has 3 rings (SSSR count). The van der Waals surface area contributed by atoms with Crippen molar-refractivity contribution in [2.45, 2.75) is 104 Å². The molecule has 3 amide bonds. The lowest BCUT2D eigenvalue weighted by atomic mass is 9.85. The van der Waals surface area contributed by atoms with Gasteiger partial charge in [-0.2, -0.15) is 0 Å². The van der Waals surface area contributed by atoms with E-state index in [1.54, 1.807) is 11.3 Å². The highest BCUT2D eigenvalue weighted by molar-refractivity contribution is 7.13. The molecule has 3 unspecified atom stereocenters. The van der Waals surface area contributed by atoms with E-state index in [2.05, 4.69) is 15.6 Å². The molecule has 3 atom stereocenters. The molecule has 1 aromatic heterocycles. The number of aromatic nitrogens is 1. The standard InChI is InChI=1S/C31H47N5O4S.2ClH/c1-21-27(41-20-34-21)23-14-12-22(13-15-23)18-33-29(39)25-17-24(37)19-36(25)30(40)28(31(2,3)4)35-26(38)11-9-7-5-6-8-10-16-32;;/h12-15,20,24-25,28,37H,5-11,16-19,32H2,1-4H3,(H,33,39)(H,35,38);2*1H. The number of carbonyl (C=O) groups is 3. The second kappa shape index (κ2) is 18.5. The second-order valence-corrected chi connectivity index (χ2v) is 13.0. The van der Waals surface area contributed by atoms with Crippen molar-refractivity contribution in [1.82, 2.24) is 20.5 Å². The van der Waals surface area contributed by atoms with Crippen molar-refractivity contribution in [2.75, 3.05) is 13.1 Å². The summed E-state index contributed by atoms with van der Waals surface area (Å²) in [5.74, 6) is -0.822. The molecule has 1 fully saturated rings. The third-order valence-electron chi connectivity index (χ3n) is 7.57. The number of nitrogens with two attached hydrogens (primary N) is 1. The Bertz CT molecular complexity index is 1160. The Morgan fingerprint density at radius 2 is 1.70 bits per heavy atom.